The van der Waals surface area contributed by atoms with Crippen LogP contribution in [-0.2, 0) is 9.59 Å². The average molecular weight is 315 g/mol. The van der Waals surface area contributed by atoms with E-state index in [0.717, 1.165) is 12.8 Å². The minimum Gasteiger partial charge on any atom is -0.481 e. The van der Waals surface area contributed by atoms with Crippen LogP contribution in [0.3, 0.4) is 0 Å². The van der Waals surface area contributed by atoms with E-state index in [2.05, 4.69) is 17.4 Å². The van der Waals surface area contributed by atoms with Crippen LogP contribution in [0.2, 0.25) is 0 Å². The van der Waals surface area contributed by atoms with Gasteiger partial charge in [-0.1, -0.05) is 43.2 Å². The third kappa shape index (κ3) is 3.74. The molecule has 0 radical (unpaired) electrons. The number of hydrogen-bond acceptors (Lipinski definition) is 2. The summed E-state index contributed by atoms with van der Waals surface area (Å²) in [5.41, 5.74) is 1.17. The summed E-state index contributed by atoms with van der Waals surface area (Å²) in [6.45, 7) is 0. The zero-order chi connectivity index (χ0) is 16.2. The monoisotopic (exact) mass is 315 g/mol. The average Bonchev–Trinajstić information content (AvgIpc) is 3.24. The molecule has 1 aromatic carbocycles. The van der Waals surface area contributed by atoms with Gasteiger partial charge in [0.05, 0.1) is 12.0 Å². The number of carbonyl (C=O) groups is 2. The number of benzene rings is 1. The first-order valence-corrected chi connectivity index (χ1v) is 8.73. The lowest BCUT2D eigenvalue weighted by Crippen LogP contribution is -2.36. The van der Waals surface area contributed by atoms with Crippen molar-refractivity contribution in [3.05, 3.63) is 35.9 Å². The molecule has 0 spiro atoms. The first-order valence-electron chi connectivity index (χ1n) is 8.73. The quantitative estimate of drug-likeness (QED) is 0.873. The van der Waals surface area contributed by atoms with Crippen molar-refractivity contribution >= 4 is 11.9 Å². The largest absolute Gasteiger partial charge is 0.481 e. The molecule has 23 heavy (non-hydrogen) atoms. The van der Waals surface area contributed by atoms with Crippen LogP contribution in [-0.4, -0.2) is 17.0 Å². The Labute approximate surface area is 137 Å². The normalized spacial score (nSPS) is 26.1. The highest BCUT2D eigenvalue weighted by Gasteiger charge is 2.36. The third-order valence-electron chi connectivity index (χ3n) is 5.48. The van der Waals surface area contributed by atoms with Crippen molar-refractivity contribution in [2.45, 2.75) is 51.0 Å². The number of carbonyl (C=O) groups excluding carboxylic acids is 1. The van der Waals surface area contributed by atoms with Crippen molar-refractivity contribution in [3.63, 3.8) is 0 Å². The molecular formula is C19H25NO3. The second kappa shape index (κ2) is 7.16. The van der Waals surface area contributed by atoms with Gasteiger partial charge in [-0.05, 0) is 43.6 Å². The summed E-state index contributed by atoms with van der Waals surface area (Å²) >= 11 is 0. The first kappa shape index (κ1) is 16.0. The molecule has 0 aromatic heterocycles. The Morgan fingerprint density at radius 3 is 2.26 bits per heavy atom. The number of carboxylic acids is 1. The van der Waals surface area contributed by atoms with Gasteiger partial charge in [-0.15, -0.1) is 0 Å². The molecule has 1 aromatic rings. The Bertz CT molecular complexity index is 551. The number of hydrogen-bond donors (Lipinski definition) is 2. The maximum Gasteiger partial charge on any atom is 0.306 e. The molecule has 124 valence electrons. The zero-order valence-corrected chi connectivity index (χ0v) is 13.4. The van der Waals surface area contributed by atoms with E-state index in [1.165, 1.54) is 18.4 Å². The van der Waals surface area contributed by atoms with Gasteiger partial charge in [-0.3, -0.25) is 9.59 Å². The first-order chi connectivity index (χ1) is 11.1. The van der Waals surface area contributed by atoms with Crippen molar-refractivity contribution in [3.8, 4) is 0 Å². The molecule has 2 N–H and O–H groups in total. The van der Waals surface area contributed by atoms with Crippen molar-refractivity contribution in [2.24, 2.45) is 17.8 Å². The van der Waals surface area contributed by atoms with Crippen molar-refractivity contribution in [2.75, 3.05) is 0 Å². The van der Waals surface area contributed by atoms with Gasteiger partial charge in [0, 0.05) is 5.92 Å². The molecule has 0 bridgehead atoms. The molecule has 1 amide bonds. The van der Waals surface area contributed by atoms with Crippen LogP contribution in [0.15, 0.2) is 30.3 Å². The lowest BCUT2D eigenvalue weighted by molar-refractivity contribution is -0.141. The smallest absolute Gasteiger partial charge is 0.306 e. The Morgan fingerprint density at radius 2 is 1.65 bits per heavy atom. The molecular weight excluding hydrogens is 290 g/mol. The summed E-state index contributed by atoms with van der Waals surface area (Å²) in [6.07, 6.45) is 6.56. The van der Waals surface area contributed by atoms with Crippen LogP contribution in [0.5, 0.6) is 0 Å². The van der Waals surface area contributed by atoms with E-state index < -0.39 is 5.97 Å². The van der Waals surface area contributed by atoms with Crippen LogP contribution < -0.4 is 5.32 Å². The molecule has 2 aliphatic rings. The van der Waals surface area contributed by atoms with Gasteiger partial charge in [0.25, 0.3) is 0 Å². The number of rotatable bonds is 5. The number of nitrogens with one attached hydrogen (secondary N) is 1. The molecule has 2 saturated carbocycles. The van der Waals surface area contributed by atoms with Crippen LogP contribution in [0.4, 0.5) is 0 Å². The Morgan fingerprint density at radius 1 is 1.00 bits per heavy atom. The molecule has 2 aliphatic carbocycles. The van der Waals surface area contributed by atoms with Crippen LogP contribution in [0, 0.1) is 17.8 Å². The molecule has 4 heteroatoms. The summed E-state index contributed by atoms with van der Waals surface area (Å²) in [6, 6.07) is 10.2. The van der Waals surface area contributed by atoms with Gasteiger partial charge in [0.2, 0.25) is 5.91 Å². The number of amides is 1. The van der Waals surface area contributed by atoms with E-state index in [1.54, 1.807) is 0 Å². The van der Waals surface area contributed by atoms with Crippen LogP contribution in [0.25, 0.3) is 0 Å². The van der Waals surface area contributed by atoms with Gasteiger partial charge in [0.15, 0.2) is 0 Å². The number of aliphatic carboxylic acids is 1. The zero-order valence-electron chi connectivity index (χ0n) is 13.4. The van der Waals surface area contributed by atoms with E-state index in [0.29, 0.717) is 25.2 Å². The molecule has 2 fully saturated rings. The second-order valence-electron chi connectivity index (χ2n) is 6.99. The van der Waals surface area contributed by atoms with Crippen molar-refractivity contribution in [1.29, 1.82) is 0 Å². The molecule has 0 heterocycles. The third-order valence-corrected chi connectivity index (χ3v) is 5.48. The summed E-state index contributed by atoms with van der Waals surface area (Å²) in [7, 11) is 0. The van der Waals surface area contributed by atoms with Crippen LogP contribution in [0.1, 0.15) is 56.6 Å². The highest BCUT2D eigenvalue weighted by Crippen LogP contribution is 2.37. The standard InChI is InChI=1S/C19H25NO3/c21-18(15-10-11-16(12-15)19(22)23)20-17(14-8-4-5-9-14)13-6-2-1-3-7-13/h1-3,6-7,14-17H,4-5,8-12H2,(H,20,21)(H,22,23)/t15-,16+,17?/m0/s1. The Balaban J connectivity index is 1.69. The fourth-order valence-electron chi connectivity index (χ4n) is 4.14. The van der Waals surface area contributed by atoms with Crippen LogP contribution >= 0.6 is 0 Å². The van der Waals surface area contributed by atoms with E-state index >= 15 is 0 Å². The summed E-state index contributed by atoms with van der Waals surface area (Å²) < 4.78 is 0. The highest BCUT2D eigenvalue weighted by molar-refractivity contribution is 5.81. The minimum atomic E-state index is -0.768. The lowest BCUT2D eigenvalue weighted by atomic mass is 9.91. The highest BCUT2D eigenvalue weighted by atomic mass is 16.4. The summed E-state index contributed by atoms with van der Waals surface area (Å²) in [5.74, 6) is -0.737. The fourth-order valence-corrected chi connectivity index (χ4v) is 4.14. The molecule has 3 atom stereocenters. The molecule has 3 rings (SSSR count). The second-order valence-corrected chi connectivity index (χ2v) is 6.99. The van der Waals surface area contributed by atoms with Gasteiger partial charge in [-0.25, -0.2) is 0 Å². The predicted octanol–water partition coefficient (Wildman–Crippen LogP) is 3.54. The molecule has 0 saturated heterocycles. The van der Waals surface area contributed by atoms with E-state index in [-0.39, 0.29) is 23.8 Å². The summed E-state index contributed by atoms with van der Waals surface area (Å²) in [4.78, 5) is 23.7. The number of carboxylic acid groups (broad SMARTS) is 1. The van der Waals surface area contributed by atoms with Gasteiger partial charge in [-0.2, -0.15) is 0 Å². The van der Waals surface area contributed by atoms with Crippen molar-refractivity contribution in [1.82, 2.24) is 5.32 Å². The summed E-state index contributed by atoms with van der Waals surface area (Å²) in [5, 5.41) is 12.4. The Kier molecular flexibility index (Phi) is 4.99. The van der Waals surface area contributed by atoms with Gasteiger partial charge >= 0.3 is 5.97 Å². The van der Waals surface area contributed by atoms with E-state index in [9.17, 15) is 9.59 Å². The topological polar surface area (TPSA) is 66.4 Å². The Hall–Kier alpha value is -1.84. The molecule has 0 aliphatic heterocycles. The molecule has 1 unspecified atom stereocenters. The van der Waals surface area contributed by atoms with Crippen molar-refractivity contribution < 1.29 is 14.7 Å². The molecule has 4 nitrogen and oxygen atoms in total. The lowest BCUT2D eigenvalue weighted by Gasteiger charge is -2.26. The van der Waals surface area contributed by atoms with E-state index in [4.69, 9.17) is 5.11 Å². The minimum absolute atomic E-state index is 0.0366. The maximum absolute atomic E-state index is 12.6. The maximum atomic E-state index is 12.6. The van der Waals surface area contributed by atoms with Gasteiger partial charge < -0.3 is 10.4 Å². The van der Waals surface area contributed by atoms with E-state index in [1.807, 2.05) is 18.2 Å². The predicted molar refractivity (Wildman–Crippen MR) is 87.8 cm³/mol. The fraction of sp³-hybridized carbons (Fsp3) is 0.579. The SMILES string of the molecule is O=C(O)[C@@H]1CC[C@H](C(=O)NC(c2ccccc2)C2CCCC2)C1. The van der Waals surface area contributed by atoms with Gasteiger partial charge in [0.1, 0.15) is 0 Å².